The maximum atomic E-state index is 12.9. The maximum absolute atomic E-state index is 12.9. The van der Waals surface area contributed by atoms with Crippen LogP contribution in [0.2, 0.25) is 5.02 Å². The van der Waals surface area contributed by atoms with Crippen LogP contribution in [-0.2, 0) is 13.0 Å². The molecule has 3 aromatic rings. The van der Waals surface area contributed by atoms with E-state index in [1.165, 1.54) is 37.1 Å². The molecule has 0 bridgehead atoms. The van der Waals surface area contributed by atoms with Gasteiger partial charge in [-0.05, 0) is 30.5 Å². The molecule has 1 fully saturated rings. The van der Waals surface area contributed by atoms with Crippen molar-refractivity contribution in [1.29, 1.82) is 0 Å². The van der Waals surface area contributed by atoms with E-state index in [1.54, 1.807) is 12.1 Å². The van der Waals surface area contributed by atoms with Gasteiger partial charge in [0.05, 0.1) is 36.3 Å². The number of nitrogens with zero attached hydrogens (tertiary/aromatic N) is 1. The number of fused-ring (bicyclic) bond motifs is 2. The Morgan fingerprint density at radius 2 is 1.88 bits per heavy atom. The minimum absolute atomic E-state index is 0. The van der Waals surface area contributed by atoms with Gasteiger partial charge in [-0.1, -0.05) is 42.3 Å². The van der Waals surface area contributed by atoms with E-state index in [9.17, 15) is 9.59 Å². The van der Waals surface area contributed by atoms with Crippen LogP contribution in [0.1, 0.15) is 40.1 Å². The van der Waals surface area contributed by atoms with Crippen molar-refractivity contribution < 1.29 is 26.5 Å². The highest BCUT2D eigenvalue weighted by Gasteiger charge is 2.37. The number of urea groups is 1. The molecule has 9 heteroatoms. The van der Waals surface area contributed by atoms with Gasteiger partial charge in [-0.3, -0.25) is 10.1 Å². The molecule has 2 aromatic carbocycles. The van der Waals surface area contributed by atoms with Crippen molar-refractivity contribution in [2.24, 2.45) is 11.7 Å². The number of amides is 3. The Hall–Kier alpha value is -2.32. The highest BCUT2D eigenvalue weighted by atomic mass is 35.5. The molecule has 1 atom stereocenters. The van der Waals surface area contributed by atoms with Crippen LogP contribution in [0, 0.1) is 5.92 Å². The van der Waals surface area contributed by atoms with Gasteiger partial charge in [0.2, 0.25) is 0 Å². The lowest BCUT2D eigenvalue weighted by atomic mass is 9.84. The number of nitrogens with two attached hydrogens (primary N) is 1. The van der Waals surface area contributed by atoms with Crippen LogP contribution in [0.4, 0.5) is 15.5 Å². The molecule has 180 valence electrons. The minimum Gasteiger partial charge on any atom is -1.00 e. The third-order valence-electron chi connectivity index (χ3n) is 7.03. The number of quaternary nitrogens is 1. The predicted molar refractivity (Wildman–Crippen MR) is 135 cm³/mol. The van der Waals surface area contributed by atoms with Crippen molar-refractivity contribution in [2.75, 3.05) is 30.8 Å². The van der Waals surface area contributed by atoms with Crippen LogP contribution in [0.5, 0.6) is 0 Å². The molecule has 2 aliphatic rings. The smallest absolute Gasteiger partial charge is 0.324 e. The largest absolute Gasteiger partial charge is 1.00 e. The van der Waals surface area contributed by atoms with Gasteiger partial charge in [-0.2, -0.15) is 0 Å². The highest BCUT2D eigenvalue weighted by molar-refractivity contribution is 7.17. The SMILES string of the molecule is C[N+]1(CC2CCC2)CCc2c(sc(NC(=O)Nc3ccc(Cl)c4ccccc34)c2C(N)=O)C1.[Cl-]. The maximum Gasteiger partial charge on any atom is 0.324 e. The summed E-state index contributed by atoms with van der Waals surface area (Å²) in [5, 5.41) is 8.67. The van der Waals surface area contributed by atoms with Crippen LogP contribution >= 0.6 is 22.9 Å². The summed E-state index contributed by atoms with van der Waals surface area (Å²) < 4.78 is 0.985. The molecule has 1 aromatic heterocycles. The Labute approximate surface area is 214 Å². The first-order valence-corrected chi connectivity index (χ1v) is 12.6. The third kappa shape index (κ3) is 4.75. The van der Waals surface area contributed by atoms with Gasteiger partial charge in [-0.25, -0.2) is 4.79 Å². The number of carbonyl (C=O) groups is 2. The number of thiophene rings is 1. The van der Waals surface area contributed by atoms with Gasteiger partial charge in [0.15, 0.2) is 0 Å². The van der Waals surface area contributed by atoms with E-state index in [4.69, 9.17) is 17.3 Å². The van der Waals surface area contributed by atoms with Crippen molar-refractivity contribution in [3.05, 3.63) is 57.4 Å². The van der Waals surface area contributed by atoms with Gasteiger partial charge in [0.25, 0.3) is 5.91 Å². The van der Waals surface area contributed by atoms with Crippen molar-refractivity contribution in [2.45, 2.75) is 32.2 Å². The van der Waals surface area contributed by atoms with Gasteiger partial charge >= 0.3 is 6.03 Å². The van der Waals surface area contributed by atoms with Crippen LogP contribution in [0.3, 0.4) is 0 Å². The molecule has 1 aliphatic carbocycles. The number of nitrogens with one attached hydrogen (secondary N) is 2. The summed E-state index contributed by atoms with van der Waals surface area (Å²) in [7, 11) is 2.30. The monoisotopic (exact) mass is 518 g/mol. The lowest BCUT2D eigenvalue weighted by Gasteiger charge is -2.42. The summed E-state index contributed by atoms with van der Waals surface area (Å²) in [5.74, 6) is 0.319. The van der Waals surface area contributed by atoms with Crippen molar-refractivity contribution in [3.8, 4) is 0 Å². The number of benzene rings is 2. The predicted octanol–water partition coefficient (Wildman–Crippen LogP) is 2.60. The molecule has 0 radical (unpaired) electrons. The standard InChI is InChI=1S/C25H27ClN4O2S.ClH/c1-30(13-15-5-4-6-15)12-11-18-21(14-30)33-24(22(18)23(27)31)29-25(32)28-20-10-9-19(26)16-7-2-3-8-17(16)20;/h2-3,7-10,15H,4-6,11-14H2,1H3,(H3-,27,28,29,31,32);1H. The molecule has 1 aliphatic heterocycles. The highest BCUT2D eigenvalue weighted by Crippen LogP contribution is 2.40. The fourth-order valence-electron chi connectivity index (χ4n) is 5.14. The molecule has 0 spiro atoms. The van der Waals surface area contributed by atoms with Crippen molar-refractivity contribution in [3.63, 3.8) is 0 Å². The molecule has 1 unspecified atom stereocenters. The molecule has 3 amide bonds. The van der Waals surface area contributed by atoms with Gasteiger partial charge in [0.1, 0.15) is 11.5 Å². The van der Waals surface area contributed by atoms with E-state index in [1.807, 2.05) is 24.3 Å². The van der Waals surface area contributed by atoms with Gasteiger partial charge in [0, 0.05) is 28.1 Å². The van der Waals surface area contributed by atoms with Crippen LogP contribution in [0.15, 0.2) is 36.4 Å². The third-order valence-corrected chi connectivity index (χ3v) is 8.50. The number of rotatable bonds is 5. The summed E-state index contributed by atoms with van der Waals surface area (Å²) in [6, 6.07) is 10.8. The second-order valence-corrected chi connectivity index (χ2v) is 11.0. The summed E-state index contributed by atoms with van der Waals surface area (Å²) in [4.78, 5) is 26.4. The Bertz CT molecular complexity index is 1260. The topological polar surface area (TPSA) is 84.2 Å². The van der Waals surface area contributed by atoms with Crippen molar-refractivity contribution in [1.82, 2.24) is 0 Å². The molecular formula is C25H28Cl2N4O2S. The summed E-state index contributed by atoms with van der Waals surface area (Å²) in [5.41, 5.74) is 7.87. The zero-order valence-electron chi connectivity index (χ0n) is 19.0. The number of primary amides is 1. The molecule has 4 N–H and O–H groups in total. The van der Waals surface area contributed by atoms with Crippen molar-refractivity contribution >= 4 is 56.3 Å². The lowest BCUT2D eigenvalue weighted by Crippen LogP contribution is -3.00. The zero-order chi connectivity index (χ0) is 23.2. The molecule has 5 rings (SSSR count). The van der Waals surface area contributed by atoms with E-state index < -0.39 is 11.9 Å². The Balaban J connectivity index is 0.00000274. The Morgan fingerprint density at radius 3 is 2.56 bits per heavy atom. The number of anilines is 2. The minimum atomic E-state index is -0.491. The quantitative estimate of drug-likeness (QED) is 0.453. The fraction of sp³-hybridized carbons (Fsp3) is 0.360. The molecule has 34 heavy (non-hydrogen) atoms. The lowest BCUT2D eigenvalue weighted by molar-refractivity contribution is -0.927. The van der Waals surface area contributed by atoms with E-state index in [2.05, 4.69) is 17.7 Å². The van der Waals surface area contributed by atoms with Crippen LogP contribution in [0.25, 0.3) is 10.8 Å². The van der Waals surface area contributed by atoms with E-state index >= 15 is 0 Å². The average molecular weight is 519 g/mol. The second kappa shape index (κ2) is 9.74. The number of hydrogen-bond acceptors (Lipinski definition) is 3. The Kier molecular flexibility index (Phi) is 7.10. The number of carbonyl (C=O) groups excluding carboxylic acids is 2. The molecule has 2 heterocycles. The molecular weight excluding hydrogens is 491 g/mol. The summed E-state index contributed by atoms with van der Waals surface area (Å²) in [6.45, 7) is 3.04. The zero-order valence-corrected chi connectivity index (χ0v) is 21.3. The van der Waals surface area contributed by atoms with Gasteiger partial charge < -0.3 is 27.9 Å². The van der Waals surface area contributed by atoms with Crippen LogP contribution < -0.4 is 28.8 Å². The molecule has 0 saturated heterocycles. The average Bonchev–Trinajstić information content (AvgIpc) is 3.09. The van der Waals surface area contributed by atoms with E-state index in [0.717, 1.165) is 51.1 Å². The Morgan fingerprint density at radius 1 is 1.15 bits per heavy atom. The first kappa shape index (κ1) is 24.8. The molecule has 6 nitrogen and oxygen atoms in total. The first-order valence-electron chi connectivity index (χ1n) is 11.4. The number of halogens is 2. The first-order chi connectivity index (χ1) is 15.8. The fourth-order valence-corrected chi connectivity index (χ4v) is 6.79. The van der Waals surface area contributed by atoms with E-state index in [-0.39, 0.29) is 12.4 Å². The van der Waals surface area contributed by atoms with E-state index in [0.29, 0.717) is 21.3 Å². The summed E-state index contributed by atoms with van der Waals surface area (Å²) in [6.07, 6.45) is 4.79. The summed E-state index contributed by atoms with van der Waals surface area (Å²) >= 11 is 7.78. The van der Waals surface area contributed by atoms with Gasteiger partial charge in [-0.15, -0.1) is 11.3 Å². The second-order valence-electron chi connectivity index (χ2n) is 9.52. The van der Waals surface area contributed by atoms with Crippen LogP contribution in [-0.4, -0.2) is 36.6 Å². The number of likely N-dealkylation sites (N-methyl/N-ethyl adjacent to an activating group) is 1. The normalized spacial score (nSPS) is 19.6. The molecule has 1 saturated carbocycles. The number of hydrogen-bond donors (Lipinski definition) is 3.